The molecule has 0 aliphatic heterocycles. The largest absolute Gasteiger partial charge is 0.496 e. The van der Waals surface area contributed by atoms with Crippen LogP contribution in [0.1, 0.15) is 44.2 Å². The molecule has 1 saturated carbocycles. The summed E-state index contributed by atoms with van der Waals surface area (Å²) < 4.78 is 10.7. The molecule has 0 spiro atoms. The highest BCUT2D eigenvalue weighted by Gasteiger charge is 2.25. The molecule has 1 aromatic rings. The van der Waals surface area contributed by atoms with E-state index in [-0.39, 0.29) is 18.2 Å². The maximum Gasteiger partial charge on any atom is 0.141 e. The molecule has 0 heterocycles. The molecule has 0 saturated heterocycles. The zero-order chi connectivity index (χ0) is 15.4. The van der Waals surface area contributed by atoms with Crippen LogP contribution < -0.4 is 14.8 Å². The first-order valence-electron chi connectivity index (χ1n) is 7.42. The number of benzene rings is 1. The first-order chi connectivity index (χ1) is 10.1. The highest BCUT2D eigenvalue weighted by atomic mass is 35.5. The second-order valence-corrected chi connectivity index (χ2v) is 5.98. The van der Waals surface area contributed by atoms with Crippen molar-refractivity contribution in [3.63, 3.8) is 0 Å². The summed E-state index contributed by atoms with van der Waals surface area (Å²) in [6, 6.07) is 3.83. The molecule has 1 aromatic carbocycles. The van der Waals surface area contributed by atoms with Gasteiger partial charge in [-0.05, 0) is 25.8 Å². The molecule has 0 bridgehead atoms. The summed E-state index contributed by atoms with van der Waals surface area (Å²) in [5.74, 6) is 1.34. The van der Waals surface area contributed by atoms with Crippen LogP contribution in [0.3, 0.4) is 0 Å². The Balaban J connectivity index is 2.17. The molecule has 118 valence electrons. The zero-order valence-corrected chi connectivity index (χ0v) is 13.6. The van der Waals surface area contributed by atoms with Crippen LogP contribution in [0.15, 0.2) is 12.1 Å². The summed E-state index contributed by atoms with van der Waals surface area (Å²) in [5, 5.41) is 14.1. The van der Waals surface area contributed by atoms with Crippen LogP contribution in [0.4, 0.5) is 0 Å². The van der Waals surface area contributed by atoms with Crippen molar-refractivity contribution in [3.8, 4) is 11.5 Å². The van der Waals surface area contributed by atoms with Gasteiger partial charge in [0.2, 0.25) is 0 Å². The Morgan fingerprint density at radius 1 is 1.19 bits per heavy atom. The van der Waals surface area contributed by atoms with E-state index < -0.39 is 0 Å². The average Bonchev–Trinajstić information content (AvgIpc) is 2.49. The van der Waals surface area contributed by atoms with E-state index in [1.807, 2.05) is 6.07 Å². The minimum absolute atomic E-state index is 0.0427. The van der Waals surface area contributed by atoms with Crippen molar-refractivity contribution in [3.05, 3.63) is 22.7 Å². The van der Waals surface area contributed by atoms with E-state index in [1.165, 1.54) is 0 Å². The summed E-state index contributed by atoms with van der Waals surface area (Å²) >= 11 is 6.22. The van der Waals surface area contributed by atoms with E-state index in [9.17, 15) is 5.11 Å². The van der Waals surface area contributed by atoms with Crippen LogP contribution >= 0.6 is 11.6 Å². The van der Waals surface area contributed by atoms with E-state index in [0.717, 1.165) is 37.0 Å². The average molecular weight is 314 g/mol. The van der Waals surface area contributed by atoms with Gasteiger partial charge in [0.05, 0.1) is 25.3 Å². The zero-order valence-electron chi connectivity index (χ0n) is 12.9. The first-order valence-corrected chi connectivity index (χ1v) is 7.80. The van der Waals surface area contributed by atoms with Crippen molar-refractivity contribution < 1.29 is 14.6 Å². The fraction of sp³-hybridized carbons (Fsp3) is 0.625. The lowest BCUT2D eigenvalue weighted by atomic mass is 9.91. The topological polar surface area (TPSA) is 50.7 Å². The number of aliphatic hydroxyl groups is 1. The van der Waals surface area contributed by atoms with Gasteiger partial charge in [-0.25, -0.2) is 0 Å². The van der Waals surface area contributed by atoms with Crippen molar-refractivity contribution in [1.29, 1.82) is 0 Å². The molecule has 1 aliphatic carbocycles. The Bertz CT molecular complexity index is 481. The summed E-state index contributed by atoms with van der Waals surface area (Å²) in [7, 11) is 3.22. The lowest BCUT2D eigenvalue weighted by molar-refractivity contribution is 0.0858. The van der Waals surface area contributed by atoms with Gasteiger partial charge < -0.3 is 19.9 Å². The van der Waals surface area contributed by atoms with E-state index in [1.54, 1.807) is 20.3 Å². The monoisotopic (exact) mass is 313 g/mol. The van der Waals surface area contributed by atoms with Crippen molar-refractivity contribution in [2.45, 2.75) is 50.8 Å². The van der Waals surface area contributed by atoms with Crippen molar-refractivity contribution >= 4 is 11.6 Å². The van der Waals surface area contributed by atoms with Gasteiger partial charge in [-0.1, -0.05) is 24.4 Å². The highest BCUT2D eigenvalue weighted by molar-refractivity contribution is 6.32. The maximum atomic E-state index is 10.1. The molecule has 4 nitrogen and oxygen atoms in total. The van der Waals surface area contributed by atoms with Crippen LogP contribution in [0.25, 0.3) is 0 Å². The number of hydrogen-bond donors (Lipinski definition) is 2. The molecule has 3 unspecified atom stereocenters. The van der Waals surface area contributed by atoms with Crippen molar-refractivity contribution in [2.75, 3.05) is 14.2 Å². The van der Waals surface area contributed by atoms with Crippen LogP contribution in [0, 0.1) is 0 Å². The van der Waals surface area contributed by atoms with Crippen LogP contribution in [-0.4, -0.2) is 31.5 Å². The van der Waals surface area contributed by atoms with Crippen LogP contribution in [0.5, 0.6) is 11.5 Å². The molecule has 2 rings (SSSR count). The van der Waals surface area contributed by atoms with Crippen LogP contribution in [-0.2, 0) is 0 Å². The Kier molecular flexibility index (Phi) is 5.73. The van der Waals surface area contributed by atoms with Gasteiger partial charge >= 0.3 is 0 Å². The second-order valence-electron chi connectivity index (χ2n) is 5.58. The van der Waals surface area contributed by atoms with Crippen molar-refractivity contribution in [1.82, 2.24) is 5.32 Å². The fourth-order valence-corrected chi connectivity index (χ4v) is 3.19. The highest BCUT2D eigenvalue weighted by Crippen LogP contribution is 2.36. The van der Waals surface area contributed by atoms with Gasteiger partial charge in [0.15, 0.2) is 0 Å². The van der Waals surface area contributed by atoms with E-state index in [4.69, 9.17) is 21.1 Å². The van der Waals surface area contributed by atoms with Gasteiger partial charge in [0.1, 0.15) is 11.5 Å². The van der Waals surface area contributed by atoms with Gasteiger partial charge in [-0.15, -0.1) is 0 Å². The molecule has 2 N–H and O–H groups in total. The summed E-state index contributed by atoms with van der Waals surface area (Å²) in [6.07, 6.45) is 3.84. The molecule has 21 heavy (non-hydrogen) atoms. The number of halogens is 1. The predicted molar refractivity (Wildman–Crippen MR) is 84.4 cm³/mol. The number of hydrogen-bond acceptors (Lipinski definition) is 4. The quantitative estimate of drug-likeness (QED) is 0.875. The number of rotatable bonds is 5. The maximum absolute atomic E-state index is 10.1. The van der Waals surface area contributed by atoms with Gasteiger partial charge in [0.25, 0.3) is 0 Å². The smallest absolute Gasteiger partial charge is 0.141 e. The van der Waals surface area contributed by atoms with Crippen LogP contribution in [0.2, 0.25) is 5.02 Å². The van der Waals surface area contributed by atoms with Gasteiger partial charge in [0, 0.05) is 23.7 Å². The standard InChI is InChI=1S/C16H24ClNO3/c1-10(18-13-6-4-5-7-14(13)19)11-8-12(17)16(21-3)9-15(11)20-2/h8-10,13-14,18-19H,4-7H2,1-3H3. The molecule has 0 amide bonds. The molecular weight excluding hydrogens is 290 g/mol. The molecule has 1 aliphatic rings. The Labute approximate surface area is 131 Å². The number of aliphatic hydroxyl groups excluding tert-OH is 1. The lowest BCUT2D eigenvalue weighted by Gasteiger charge is -2.31. The molecule has 5 heteroatoms. The summed E-state index contributed by atoms with van der Waals surface area (Å²) in [6.45, 7) is 2.06. The molecule has 1 fully saturated rings. The Morgan fingerprint density at radius 2 is 1.86 bits per heavy atom. The Morgan fingerprint density at radius 3 is 2.48 bits per heavy atom. The number of ether oxygens (including phenoxy) is 2. The summed E-state index contributed by atoms with van der Waals surface area (Å²) in [5.41, 5.74) is 0.973. The number of methoxy groups -OCH3 is 2. The van der Waals surface area contributed by atoms with E-state index >= 15 is 0 Å². The van der Waals surface area contributed by atoms with Gasteiger partial charge in [-0.2, -0.15) is 0 Å². The lowest BCUT2D eigenvalue weighted by Crippen LogP contribution is -2.43. The predicted octanol–water partition coefficient (Wildman–Crippen LogP) is 3.31. The minimum atomic E-state index is -0.277. The van der Waals surface area contributed by atoms with Gasteiger partial charge in [-0.3, -0.25) is 0 Å². The molecular formula is C16H24ClNO3. The third-order valence-electron chi connectivity index (χ3n) is 4.16. The van der Waals surface area contributed by atoms with E-state index in [2.05, 4.69) is 12.2 Å². The third-order valence-corrected chi connectivity index (χ3v) is 4.46. The molecule has 3 atom stereocenters. The third kappa shape index (κ3) is 3.82. The molecule has 0 radical (unpaired) electrons. The second kappa shape index (κ2) is 7.34. The van der Waals surface area contributed by atoms with Crippen molar-refractivity contribution in [2.24, 2.45) is 0 Å². The minimum Gasteiger partial charge on any atom is -0.496 e. The SMILES string of the molecule is COc1cc(OC)c(C(C)NC2CCCCC2O)cc1Cl. The molecule has 0 aromatic heterocycles. The first kappa shape index (κ1) is 16.4. The number of nitrogens with one attached hydrogen (secondary N) is 1. The van der Waals surface area contributed by atoms with E-state index in [0.29, 0.717) is 10.8 Å². The Hall–Kier alpha value is -0.970. The fourth-order valence-electron chi connectivity index (χ4n) is 2.94. The summed E-state index contributed by atoms with van der Waals surface area (Å²) in [4.78, 5) is 0. The normalized spacial score (nSPS) is 23.7.